The maximum Gasteiger partial charge on any atom is 0.274 e. The summed E-state index contributed by atoms with van der Waals surface area (Å²) in [6.45, 7) is 1.95. The van der Waals surface area contributed by atoms with Crippen LogP contribution in [0, 0.1) is 6.92 Å². The molecule has 3 aromatic carbocycles. The zero-order valence-corrected chi connectivity index (χ0v) is 17.9. The van der Waals surface area contributed by atoms with Crippen LogP contribution in [0.3, 0.4) is 0 Å². The van der Waals surface area contributed by atoms with Crippen molar-refractivity contribution in [1.82, 2.24) is 15.0 Å². The number of fused-ring (bicyclic) bond motifs is 1. The second kappa shape index (κ2) is 7.54. The van der Waals surface area contributed by atoms with Crippen LogP contribution in [0.1, 0.15) is 39.8 Å². The lowest BCUT2D eigenvalue weighted by molar-refractivity contribution is 0.0710. The van der Waals surface area contributed by atoms with Crippen LogP contribution < -0.4 is 0 Å². The van der Waals surface area contributed by atoms with Gasteiger partial charge in [0.05, 0.1) is 17.1 Å². The first-order valence-corrected chi connectivity index (χ1v) is 10.6. The molecule has 1 atom stereocenters. The SMILES string of the molecule is Cc1ccccc1C(=O)N1N=C(c2nc3ccccc3[nH]2)CC1c1ccc(Br)cc1. The molecule has 1 N–H and O–H groups in total. The number of para-hydroxylation sites is 2. The number of rotatable bonds is 3. The summed E-state index contributed by atoms with van der Waals surface area (Å²) in [5.41, 5.74) is 5.26. The fraction of sp³-hybridized carbons (Fsp3) is 0.125. The zero-order valence-electron chi connectivity index (χ0n) is 16.3. The molecule has 148 valence electrons. The van der Waals surface area contributed by atoms with E-state index >= 15 is 0 Å². The molecule has 0 radical (unpaired) electrons. The van der Waals surface area contributed by atoms with Crippen molar-refractivity contribution in [3.63, 3.8) is 0 Å². The summed E-state index contributed by atoms with van der Waals surface area (Å²) in [6, 6.07) is 23.4. The van der Waals surface area contributed by atoms with E-state index in [-0.39, 0.29) is 11.9 Å². The number of amides is 1. The van der Waals surface area contributed by atoms with E-state index in [1.54, 1.807) is 5.01 Å². The van der Waals surface area contributed by atoms with Crippen molar-refractivity contribution >= 4 is 38.6 Å². The van der Waals surface area contributed by atoms with Gasteiger partial charge in [-0.3, -0.25) is 4.79 Å². The highest BCUT2D eigenvalue weighted by Crippen LogP contribution is 2.34. The Bertz CT molecular complexity index is 1240. The van der Waals surface area contributed by atoms with Gasteiger partial charge in [0.25, 0.3) is 5.91 Å². The number of aromatic nitrogens is 2. The first-order chi connectivity index (χ1) is 14.6. The minimum atomic E-state index is -0.187. The van der Waals surface area contributed by atoms with Gasteiger partial charge >= 0.3 is 0 Å². The summed E-state index contributed by atoms with van der Waals surface area (Å²) in [6.07, 6.45) is 0.596. The molecule has 6 heteroatoms. The van der Waals surface area contributed by atoms with Crippen molar-refractivity contribution in [3.05, 3.63) is 99.8 Å². The van der Waals surface area contributed by atoms with Gasteiger partial charge in [0.2, 0.25) is 0 Å². The number of hydrogen-bond acceptors (Lipinski definition) is 3. The van der Waals surface area contributed by atoms with E-state index in [1.807, 2.05) is 79.7 Å². The average molecular weight is 459 g/mol. The molecular weight excluding hydrogens is 440 g/mol. The molecular formula is C24H19BrN4O. The smallest absolute Gasteiger partial charge is 0.274 e. The third-order valence-corrected chi connectivity index (χ3v) is 5.94. The molecule has 1 aromatic heterocycles. The van der Waals surface area contributed by atoms with E-state index in [0.717, 1.165) is 32.3 Å². The third-order valence-electron chi connectivity index (χ3n) is 5.41. The molecule has 0 aliphatic carbocycles. The molecule has 0 saturated carbocycles. The monoisotopic (exact) mass is 458 g/mol. The van der Waals surface area contributed by atoms with E-state index in [2.05, 4.69) is 25.9 Å². The van der Waals surface area contributed by atoms with Crippen molar-refractivity contribution in [2.45, 2.75) is 19.4 Å². The number of hydrazone groups is 1. The predicted molar refractivity (Wildman–Crippen MR) is 121 cm³/mol. The summed E-state index contributed by atoms with van der Waals surface area (Å²) in [4.78, 5) is 21.5. The molecule has 1 amide bonds. The number of carbonyl (C=O) groups excluding carboxylic acids is 1. The molecule has 4 aromatic rings. The maximum absolute atomic E-state index is 13.4. The number of carbonyl (C=O) groups is 1. The van der Waals surface area contributed by atoms with E-state index in [1.165, 1.54) is 0 Å². The number of aryl methyl sites for hydroxylation is 1. The molecule has 30 heavy (non-hydrogen) atoms. The lowest BCUT2D eigenvalue weighted by atomic mass is 10.0. The Morgan fingerprint density at radius 3 is 2.53 bits per heavy atom. The predicted octanol–water partition coefficient (Wildman–Crippen LogP) is 5.63. The third kappa shape index (κ3) is 3.33. The highest BCUT2D eigenvalue weighted by Gasteiger charge is 2.35. The van der Waals surface area contributed by atoms with Crippen molar-refractivity contribution in [3.8, 4) is 0 Å². The van der Waals surface area contributed by atoms with Crippen LogP contribution in [0.2, 0.25) is 0 Å². The van der Waals surface area contributed by atoms with Gasteiger partial charge in [0.1, 0.15) is 5.71 Å². The second-order valence-corrected chi connectivity index (χ2v) is 8.30. The standard InChI is InChI=1S/C24H19BrN4O/c1-15-6-2-3-7-18(15)24(30)29-22(16-10-12-17(25)13-11-16)14-21(28-29)23-26-19-8-4-5-9-20(19)27-23/h2-13,22H,14H2,1H3,(H,26,27). The number of H-pyrrole nitrogens is 1. The number of nitrogens with zero attached hydrogens (tertiary/aromatic N) is 3. The molecule has 0 saturated heterocycles. The molecule has 5 nitrogen and oxygen atoms in total. The van der Waals surface area contributed by atoms with Crippen molar-refractivity contribution in [2.24, 2.45) is 5.10 Å². The van der Waals surface area contributed by atoms with Crippen LogP contribution in [-0.2, 0) is 0 Å². The first kappa shape index (κ1) is 18.8. The maximum atomic E-state index is 13.4. The minimum Gasteiger partial charge on any atom is -0.337 e. The molecule has 1 unspecified atom stereocenters. The number of nitrogens with one attached hydrogen (secondary N) is 1. The van der Waals surface area contributed by atoms with Crippen molar-refractivity contribution < 1.29 is 4.79 Å². The van der Waals surface area contributed by atoms with E-state index in [9.17, 15) is 4.79 Å². The normalized spacial score (nSPS) is 16.1. The molecule has 0 fully saturated rings. The summed E-state index contributed by atoms with van der Waals surface area (Å²) < 4.78 is 0.999. The Labute approximate surface area is 182 Å². The molecule has 0 spiro atoms. The molecule has 1 aliphatic heterocycles. The first-order valence-electron chi connectivity index (χ1n) is 9.77. The largest absolute Gasteiger partial charge is 0.337 e. The lowest BCUT2D eigenvalue weighted by Crippen LogP contribution is -2.27. The van der Waals surface area contributed by atoms with E-state index in [0.29, 0.717) is 17.8 Å². The summed E-state index contributed by atoms with van der Waals surface area (Å²) in [7, 11) is 0. The van der Waals surface area contributed by atoms with Gasteiger partial charge in [-0.15, -0.1) is 0 Å². The minimum absolute atomic E-state index is 0.105. The van der Waals surface area contributed by atoms with E-state index in [4.69, 9.17) is 5.10 Å². The highest BCUT2D eigenvalue weighted by atomic mass is 79.9. The molecule has 2 heterocycles. The topological polar surface area (TPSA) is 61.4 Å². The second-order valence-electron chi connectivity index (χ2n) is 7.39. The quantitative estimate of drug-likeness (QED) is 0.432. The van der Waals surface area contributed by atoms with Gasteiger partial charge < -0.3 is 4.98 Å². The van der Waals surface area contributed by atoms with Gasteiger partial charge in [0, 0.05) is 16.5 Å². The number of benzene rings is 3. The van der Waals surface area contributed by atoms with Crippen LogP contribution in [-0.4, -0.2) is 26.6 Å². The zero-order chi connectivity index (χ0) is 20.7. The Kier molecular flexibility index (Phi) is 4.71. The highest BCUT2D eigenvalue weighted by molar-refractivity contribution is 9.10. The summed E-state index contributed by atoms with van der Waals surface area (Å²) in [5, 5.41) is 6.35. The fourth-order valence-electron chi connectivity index (χ4n) is 3.81. The lowest BCUT2D eigenvalue weighted by Gasteiger charge is -2.22. The van der Waals surface area contributed by atoms with Gasteiger partial charge in [-0.05, 0) is 48.4 Å². The van der Waals surface area contributed by atoms with Crippen LogP contribution in [0.4, 0.5) is 0 Å². The summed E-state index contributed by atoms with van der Waals surface area (Å²) in [5.74, 6) is 0.602. The summed E-state index contributed by atoms with van der Waals surface area (Å²) >= 11 is 3.49. The van der Waals surface area contributed by atoms with Gasteiger partial charge in [-0.25, -0.2) is 9.99 Å². The Hall–Kier alpha value is -3.25. The van der Waals surface area contributed by atoms with Crippen LogP contribution in [0.15, 0.2) is 82.4 Å². The van der Waals surface area contributed by atoms with Gasteiger partial charge in [-0.2, -0.15) is 5.10 Å². The Morgan fingerprint density at radius 2 is 1.77 bits per heavy atom. The Balaban J connectivity index is 1.57. The van der Waals surface area contributed by atoms with E-state index < -0.39 is 0 Å². The fourth-order valence-corrected chi connectivity index (χ4v) is 4.08. The number of halogens is 1. The van der Waals surface area contributed by atoms with Crippen molar-refractivity contribution in [2.75, 3.05) is 0 Å². The van der Waals surface area contributed by atoms with Gasteiger partial charge in [-0.1, -0.05) is 58.4 Å². The number of hydrogen-bond donors (Lipinski definition) is 1. The molecule has 1 aliphatic rings. The number of imidazole rings is 1. The van der Waals surface area contributed by atoms with Crippen molar-refractivity contribution in [1.29, 1.82) is 0 Å². The molecule has 5 rings (SSSR count). The van der Waals surface area contributed by atoms with Crippen LogP contribution in [0.25, 0.3) is 11.0 Å². The number of aromatic amines is 1. The Morgan fingerprint density at radius 1 is 1.03 bits per heavy atom. The van der Waals surface area contributed by atoms with Gasteiger partial charge in [0.15, 0.2) is 5.82 Å². The van der Waals surface area contributed by atoms with Crippen LogP contribution in [0.5, 0.6) is 0 Å². The average Bonchev–Trinajstić information content (AvgIpc) is 3.39. The molecule has 0 bridgehead atoms. The van der Waals surface area contributed by atoms with Crippen LogP contribution >= 0.6 is 15.9 Å².